The summed E-state index contributed by atoms with van der Waals surface area (Å²) in [5.41, 5.74) is 1.03. The zero-order chi connectivity index (χ0) is 15.6. The predicted octanol–water partition coefficient (Wildman–Crippen LogP) is 2.85. The SMILES string of the molecule is O=C(CSc1nc2ccccc2s1)N1CC[C@@H]2CNC[C@@H]2CC1. The molecule has 1 amide bonds. The van der Waals surface area contributed by atoms with Crippen LogP contribution in [0, 0.1) is 11.8 Å². The molecule has 2 aliphatic rings. The number of aromatic nitrogens is 1. The van der Waals surface area contributed by atoms with Gasteiger partial charge in [0.05, 0.1) is 16.0 Å². The lowest BCUT2D eigenvalue weighted by molar-refractivity contribution is -0.128. The second-order valence-electron chi connectivity index (χ2n) is 6.37. The number of rotatable bonds is 3. The first-order chi connectivity index (χ1) is 11.3. The van der Waals surface area contributed by atoms with Gasteiger partial charge in [-0.2, -0.15) is 0 Å². The van der Waals surface area contributed by atoms with E-state index in [1.54, 1.807) is 23.1 Å². The molecule has 2 aliphatic heterocycles. The second kappa shape index (κ2) is 6.79. The Hall–Kier alpha value is -1.11. The fourth-order valence-corrected chi connectivity index (χ4v) is 5.57. The highest BCUT2D eigenvalue weighted by Gasteiger charge is 2.31. The molecular weight excluding hydrogens is 326 g/mol. The van der Waals surface area contributed by atoms with E-state index >= 15 is 0 Å². The molecule has 122 valence electrons. The van der Waals surface area contributed by atoms with Crippen molar-refractivity contribution in [2.75, 3.05) is 31.9 Å². The van der Waals surface area contributed by atoms with Crippen molar-refractivity contribution >= 4 is 39.2 Å². The number of thiazole rings is 1. The van der Waals surface area contributed by atoms with E-state index in [2.05, 4.69) is 21.3 Å². The smallest absolute Gasteiger partial charge is 0.233 e. The summed E-state index contributed by atoms with van der Waals surface area (Å²) in [6, 6.07) is 8.15. The number of likely N-dealkylation sites (tertiary alicyclic amines) is 1. The zero-order valence-electron chi connectivity index (χ0n) is 13.0. The van der Waals surface area contributed by atoms with Gasteiger partial charge < -0.3 is 10.2 Å². The Labute approximate surface area is 144 Å². The highest BCUT2D eigenvalue weighted by molar-refractivity contribution is 8.01. The van der Waals surface area contributed by atoms with E-state index in [1.807, 2.05) is 18.2 Å². The van der Waals surface area contributed by atoms with Crippen LogP contribution in [0.5, 0.6) is 0 Å². The molecule has 0 spiro atoms. The van der Waals surface area contributed by atoms with Gasteiger partial charge in [-0.25, -0.2) is 4.98 Å². The maximum Gasteiger partial charge on any atom is 0.233 e. The highest BCUT2D eigenvalue weighted by atomic mass is 32.2. The fraction of sp³-hybridized carbons (Fsp3) is 0.529. The van der Waals surface area contributed by atoms with Gasteiger partial charge in [0.1, 0.15) is 0 Å². The quantitative estimate of drug-likeness (QED) is 0.867. The summed E-state index contributed by atoms with van der Waals surface area (Å²) in [6.07, 6.45) is 2.30. The van der Waals surface area contributed by atoms with Crippen LogP contribution in [0.2, 0.25) is 0 Å². The Morgan fingerprint density at radius 3 is 2.74 bits per heavy atom. The van der Waals surface area contributed by atoms with Crippen molar-refractivity contribution in [3.63, 3.8) is 0 Å². The minimum atomic E-state index is 0.266. The highest BCUT2D eigenvalue weighted by Crippen LogP contribution is 2.30. The number of hydrogen-bond donors (Lipinski definition) is 1. The van der Waals surface area contributed by atoms with Crippen molar-refractivity contribution in [3.05, 3.63) is 24.3 Å². The summed E-state index contributed by atoms with van der Waals surface area (Å²) in [5, 5.41) is 3.48. The van der Waals surface area contributed by atoms with Gasteiger partial charge in [0, 0.05) is 13.1 Å². The summed E-state index contributed by atoms with van der Waals surface area (Å²) in [6.45, 7) is 4.10. The van der Waals surface area contributed by atoms with Crippen LogP contribution in [0.25, 0.3) is 10.2 Å². The third-order valence-electron chi connectivity index (χ3n) is 4.97. The van der Waals surface area contributed by atoms with Gasteiger partial charge in [-0.15, -0.1) is 11.3 Å². The summed E-state index contributed by atoms with van der Waals surface area (Å²) < 4.78 is 2.19. The van der Waals surface area contributed by atoms with Gasteiger partial charge in [0.2, 0.25) is 5.91 Å². The van der Waals surface area contributed by atoms with E-state index in [0.717, 1.165) is 60.7 Å². The average Bonchev–Trinajstić information content (AvgIpc) is 3.14. The molecule has 0 radical (unpaired) electrons. The standard InChI is InChI=1S/C17H21N3OS2/c21-16(20-7-5-12-9-18-10-13(12)6-8-20)11-22-17-19-14-3-1-2-4-15(14)23-17/h1-4,12-13,18H,5-11H2/t12-,13+. The number of carbonyl (C=O) groups is 1. The molecule has 4 rings (SSSR count). The number of carbonyl (C=O) groups excluding carboxylic acids is 1. The van der Waals surface area contributed by atoms with Crippen LogP contribution >= 0.6 is 23.1 Å². The molecule has 1 aromatic carbocycles. The Morgan fingerprint density at radius 2 is 2.00 bits per heavy atom. The lowest BCUT2D eigenvalue weighted by Gasteiger charge is -2.20. The van der Waals surface area contributed by atoms with Crippen molar-refractivity contribution in [1.82, 2.24) is 15.2 Å². The molecule has 4 nitrogen and oxygen atoms in total. The van der Waals surface area contributed by atoms with Crippen molar-refractivity contribution in [1.29, 1.82) is 0 Å². The van der Waals surface area contributed by atoms with Crippen LogP contribution in [-0.4, -0.2) is 47.7 Å². The van der Waals surface area contributed by atoms with Crippen molar-refractivity contribution in [2.45, 2.75) is 17.2 Å². The first-order valence-electron chi connectivity index (χ1n) is 8.26. The van der Waals surface area contributed by atoms with Crippen LogP contribution in [0.4, 0.5) is 0 Å². The van der Waals surface area contributed by atoms with Crippen LogP contribution in [0.1, 0.15) is 12.8 Å². The normalized spacial score (nSPS) is 24.6. The molecule has 2 fully saturated rings. The molecule has 6 heteroatoms. The Morgan fingerprint density at radius 1 is 1.26 bits per heavy atom. The summed E-state index contributed by atoms with van der Waals surface area (Å²) in [7, 11) is 0. The molecule has 1 N–H and O–H groups in total. The van der Waals surface area contributed by atoms with E-state index in [4.69, 9.17) is 0 Å². The monoisotopic (exact) mass is 347 g/mol. The van der Waals surface area contributed by atoms with Crippen LogP contribution in [0.15, 0.2) is 28.6 Å². The Bertz CT molecular complexity index is 655. The maximum absolute atomic E-state index is 12.5. The van der Waals surface area contributed by atoms with E-state index in [1.165, 1.54) is 4.70 Å². The lowest BCUT2D eigenvalue weighted by Crippen LogP contribution is -2.34. The minimum absolute atomic E-state index is 0.266. The Kier molecular flexibility index (Phi) is 4.55. The Balaban J connectivity index is 1.34. The number of benzene rings is 1. The molecule has 1 aromatic heterocycles. The molecule has 2 atom stereocenters. The average molecular weight is 348 g/mol. The molecule has 0 saturated carbocycles. The molecule has 0 aliphatic carbocycles. The minimum Gasteiger partial charge on any atom is -0.342 e. The summed E-state index contributed by atoms with van der Waals surface area (Å²) >= 11 is 3.26. The van der Waals surface area contributed by atoms with Crippen molar-refractivity contribution in [3.8, 4) is 0 Å². The lowest BCUT2D eigenvalue weighted by atomic mass is 9.92. The van der Waals surface area contributed by atoms with Crippen LogP contribution < -0.4 is 5.32 Å². The first kappa shape index (κ1) is 15.4. The molecule has 0 unspecified atom stereocenters. The van der Waals surface area contributed by atoms with Gasteiger partial charge in [0.25, 0.3) is 0 Å². The van der Waals surface area contributed by atoms with Gasteiger partial charge in [-0.3, -0.25) is 4.79 Å². The van der Waals surface area contributed by atoms with E-state index < -0.39 is 0 Å². The van der Waals surface area contributed by atoms with Crippen LogP contribution in [-0.2, 0) is 4.79 Å². The first-order valence-corrected chi connectivity index (χ1v) is 10.1. The zero-order valence-corrected chi connectivity index (χ0v) is 14.7. The molecule has 2 saturated heterocycles. The molecule has 0 bridgehead atoms. The van der Waals surface area contributed by atoms with Gasteiger partial charge in [-0.05, 0) is 49.9 Å². The number of thioether (sulfide) groups is 1. The molecule has 3 heterocycles. The summed E-state index contributed by atoms with van der Waals surface area (Å²) in [4.78, 5) is 19.2. The van der Waals surface area contributed by atoms with Crippen LogP contribution in [0.3, 0.4) is 0 Å². The van der Waals surface area contributed by atoms with Gasteiger partial charge >= 0.3 is 0 Å². The third kappa shape index (κ3) is 3.39. The van der Waals surface area contributed by atoms with E-state index in [-0.39, 0.29) is 5.91 Å². The predicted molar refractivity (Wildman–Crippen MR) is 96.0 cm³/mol. The molecule has 23 heavy (non-hydrogen) atoms. The number of hydrogen-bond acceptors (Lipinski definition) is 5. The van der Waals surface area contributed by atoms with Gasteiger partial charge in [0.15, 0.2) is 4.34 Å². The number of amides is 1. The number of nitrogens with one attached hydrogen (secondary N) is 1. The fourth-order valence-electron chi connectivity index (χ4n) is 3.60. The van der Waals surface area contributed by atoms with Crippen molar-refractivity contribution in [2.24, 2.45) is 11.8 Å². The topological polar surface area (TPSA) is 45.2 Å². The molecular formula is C17H21N3OS2. The van der Waals surface area contributed by atoms with E-state index in [0.29, 0.717) is 5.75 Å². The number of fused-ring (bicyclic) bond motifs is 2. The maximum atomic E-state index is 12.5. The van der Waals surface area contributed by atoms with Gasteiger partial charge in [-0.1, -0.05) is 23.9 Å². The van der Waals surface area contributed by atoms with Crippen molar-refractivity contribution < 1.29 is 4.79 Å². The summed E-state index contributed by atoms with van der Waals surface area (Å²) in [5.74, 6) is 2.31. The number of para-hydroxylation sites is 1. The van der Waals surface area contributed by atoms with E-state index in [9.17, 15) is 4.79 Å². The largest absolute Gasteiger partial charge is 0.342 e. The number of nitrogens with zero attached hydrogens (tertiary/aromatic N) is 2. The molecule has 2 aromatic rings. The third-order valence-corrected chi connectivity index (χ3v) is 7.13. The second-order valence-corrected chi connectivity index (χ2v) is 8.63.